The van der Waals surface area contributed by atoms with Gasteiger partial charge in [-0.15, -0.1) is 11.3 Å². The molecule has 0 bridgehead atoms. The molecule has 3 heteroatoms. The quantitative estimate of drug-likeness (QED) is 0.640. The lowest BCUT2D eigenvalue weighted by Gasteiger charge is -1.90. The maximum atomic E-state index is 5.93. The zero-order chi connectivity index (χ0) is 7.84. The highest BCUT2D eigenvalue weighted by molar-refractivity contribution is 14.1. The lowest BCUT2D eigenvalue weighted by molar-refractivity contribution is 1.76. The monoisotopic (exact) mass is 294 g/mol. The number of halogens is 2. The van der Waals surface area contributed by atoms with Crippen molar-refractivity contribution in [1.29, 1.82) is 0 Å². The molecule has 0 saturated carbocycles. The Morgan fingerprint density at radius 2 is 2.18 bits per heavy atom. The molecular weight excluding hydrogens is 291 g/mol. The minimum atomic E-state index is 0.862. The molecule has 0 aliphatic carbocycles. The van der Waals surface area contributed by atoms with Gasteiger partial charge in [0, 0.05) is 19.0 Å². The van der Waals surface area contributed by atoms with Gasteiger partial charge in [0.05, 0.1) is 5.02 Å². The summed E-state index contributed by atoms with van der Waals surface area (Å²) in [5.74, 6) is 0. The van der Waals surface area contributed by atoms with Crippen molar-refractivity contribution in [3.05, 3.63) is 32.2 Å². The Labute approximate surface area is 87.3 Å². The SMILES string of the molecule is Clc1csc2cc(I)ccc12. The minimum Gasteiger partial charge on any atom is -0.142 e. The van der Waals surface area contributed by atoms with E-state index in [0.29, 0.717) is 0 Å². The molecule has 0 aliphatic heterocycles. The molecule has 56 valence electrons. The van der Waals surface area contributed by atoms with Gasteiger partial charge in [0.15, 0.2) is 0 Å². The molecule has 0 radical (unpaired) electrons. The third-order valence-electron chi connectivity index (χ3n) is 1.49. The van der Waals surface area contributed by atoms with Crippen LogP contribution in [0.5, 0.6) is 0 Å². The number of fused-ring (bicyclic) bond motifs is 1. The van der Waals surface area contributed by atoms with Crippen molar-refractivity contribution < 1.29 is 0 Å². The fourth-order valence-corrected chi connectivity index (χ4v) is 2.88. The number of thiophene rings is 1. The molecule has 0 spiro atoms. The summed E-state index contributed by atoms with van der Waals surface area (Å²) < 4.78 is 2.52. The van der Waals surface area contributed by atoms with Gasteiger partial charge in [-0.05, 0) is 34.7 Å². The van der Waals surface area contributed by atoms with Gasteiger partial charge >= 0.3 is 0 Å². The van der Waals surface area contributed by atoms with Crippen LogP contribution < -0.4 is 0 Å². The maximum absolute atomic E-state index is 5.93. The van der Waals surface area contributed by atoms with Gasteiger partial charge in [-0.2, -0.15) is 0 Å². The highest BCUT2D eigenvalue weighted by Crippen LogP contribution is 2.30. The largest absolute Gasteiger partial charge is 0.142 e. The Morgan fingerprint density at radius 1 is 1.36 bits per heavy atom. The van der Waals surface area contributed by atoms with Crippen LogP contribution in [0.25, 0.3) is 10.1 Å². The normalized spacial score (nSPS) is 10.7. The summed E-state index contributed by atoms with van der Waals surface area (Å²) in [4.78, 5) is 0. The molecule has 1 aromatic carbocycles. The third-order valence-corrected chi connectivity index (χ3v) is 3.55. The first-order valence-corrected chi connectivity index (χ1v) is 5.43. The molecule has 0 aliphatic rings. The van der Waals surface area contributed by atoms with Crippen LogP contribution in [0, 0.1) is 3.57 Å². The molecule has 0 atom stereocenters. The second-order valence-electron chi connectivity index (χ2n) is 2.22. The topological polar surface area (TPSA) is 0 Å². The minimum absolute atomic E-state index is 0.862. The van der Waals surface area contributed by atoms with Crippen molar-refractivity contribution in [1.82, 2.24) is 0 Å². The molecule has 0 saturated heterocycles. The van der Waals surface area contributed by atoms with Crippen LogP contribution in [0.1, 0.15) is 0 Å². The van der Waals surface area contributed by atoms with E-state index in [1.54, 1.807) is 11.3 Å². The summed E-state index contributed by atoms with van der Waals surface area (Å²) in [7, 11) is 0. The molecule has 0 unspecified atom stereocenters. The van der Waals surface area contributed by atoms with E-state index >= 15 is 0 Å². The Hall–Kier alpha value is 0.200. The van der Waals surface area contributed by atoms with Gasteiger partial charge in [-0.1, -0.05) is 17.7 Å². The molecule has 0 nitrogen and oxygen atoms in total. The Kier molecular flexibility index (Phi) is 2.08. The Morgan fingerprint density at radius 3 is 3.00 bits per heavy atom. The van der Waals surface area contributed by atoms with Crippen LogP contribution in [-0.4, -0.2) is 0 Å². The van der Waals surface area contributed by atoms with Crippen LogP contribution in [0.2, 0.25) is 5.02 Å². The lowest BCUT2D eigenvalue weighted by Crippen LogP contribution is -1.67. The summed E-state index contributed by atoms with van der Waals surface area (Å²) in [6, 6.07) is 6.28. The van der Waals surface area contributed by atoms with Gasteiger partial charge in [0.1, 0.15) is 0 Å². The van der Waals surface area contributed by atoms with E-state index in [2.05, 4.69) is 40.8 Å². The second-order valence-corrected chi connectivity index (χ2v) is 4.79. The molecule has 0 fully saturated rings. The van der Waals surface area contributed by atoms with Crippen molar-refractivity contribution in [2.75, 3.05) is 0 Å². The van der Waals surface area contributed by atoms with E-state index in [9.17, 15) is 0 Å². The Bertz CT molecular complexity index is 394. The van der Waals surface area contributed by atoms with Crippen LogP contribution in [-0.2, 0) is 0 Å². The molecule has 2 aromatic rings. The first kappa shape index (κ1) is 7.83. The van der Waals surface area contributed by atoms with Crippen LogP contribution in [0.4, 0.5) is 0 Å². The van der Waals surface area contributed by atoms with Crippen LogP contribution >= 0.6 is 45.5 Å². The average molecular weight is 295 g/mol. The number of hydrogen-bond acceptors (Lipinski definition) is 1. The second kappa shape index (κ2) is 2.92. The van der Waals surface area contributed by atoms with Crippen LogP contribution in [0.15, 0.2) is 23.6 Å². The van der Waals surface area contributed by atoms with E-state index < -0.39 is 0 Å². The number of hydrogen-bond donors (Lipinski definition) is 0. The van der Waals surface area contributed by atoms with E-state index in [4.69, 9.17) is 11.6 Å². The van der Waals surface area contributed by atoms with Crippen molar-refractivity contribution in [2.45, 2.75) is 0 Å². The highest BCUT2D eigenvalue weighted by Gasteiger charge is 2.00. The molecule has 2 rings (SSSR count). The van der Waals surface area contributed by atoms with E-state index in [1.807, 2.05) is 5.38 Å². The number of rotatable bonds is 0. The standard InChI is InChI=1S/C8H4ClIS/c9-7-4-11-8-3-5(10)1-2-6(7)8/h1-4H. The summed E-state index contributed by atoms with van der Waals surface area (Å²) >= 11 is 9.92. The van der Waals surface area contributed by atoms with Gasteiger partial charge in [-0.3, -0.25) is 0 Å². The fraction of sp³-hybridized carbons (Fsp3) is 0. The summed E-state index contributed by atoms with van der Waals surface area (Å²) in [5.41, 5.74) is 0. The van der Waals surface area contributed by atoms with Gasteiger partial charge in [-0.25, -0.2) is 0 Å². The zero-order valence-corrected chi connectivity index (χ0v) is 9.20. The predicted molar refractivity (Wildman–Crippen MR) is 59.6 cm³/mol. The lowest BCUT2D eigenvalue weighted by atomic mass is 10.3. The van der Waals surface area contributed by atoms with E-state index in [-0.39, 0.29) is 0 Å². The smallest absolute Gasteiger partial charge is 0.0591 e. The first-order valence-electron chi connectivity index (χ1n) is 3.09. The predicted octanol–water partition coefficient (Wildman–Crippen LogP) is 4.16. The maximum Gasteiger partial charge on any atom is 0.0591 e. The number of benzene rings is 1. The summed E-state index contributed by atoms with van der Waals surface area (Å²) in [5, 5.41) is 4.00. The molecule has 11 heavy (non-hydrogen) atoms. The average Bonchev–Trinajstić information content (AvgIpc) is 2.32. The van der Waals surface area contributed by atoms with E-state index in [1.165, 1.54) is 8.27 Å². The van der Waals surface area contributed by atoms with Crippen molar-refractivity contribution in [3.8, 4) is 0 Å². The molecule has 0 amide bonds. The zero-order valence-electron chi connectivity index (χ0n) is 5.47. The molecule has 0 N–H and O–H groups in total. The van der Waals surface area contributed by atoms with Gasteiger partial charge < -0.3 is 0 Å². The highest BCUT2D eigenvalue weighted by atomic mass is 127. The molecule has 1 heterocycles. The van der Waals surface area contributed by atoms with Gasteiger partial charge in [0.2, 0.25) is 0 Å². The molecular formula is C8H4ClIS. The van der Waals surface area contributed by atoms with Crippen molar-refractivity contribution in [3.63, 3.8) is 0 Å². The fourth-order valence-electron chi connectivity index (χ4n) is 0.970. The first-order chi connectivity index (χ1) is 5.27. The van der Waals surface area contributed by atoms with Crippen molar-refractivity contribution >= 4 is 55.6 Å². The van der Waals surface area contributed by atoms with Gasteiger partial charge in [0.25, 0.3) is 0 Å². The van der Waals surface area contributed by atoms with E-state index in [0.717, 1.165) is 10.4 Å². The molecule has 1 aromatic heterocycles. The van der Waals surface area contributed by atoms with Crippen molar-refractivity contribution in [2.24, 2.45) is 0 Å². The third kappa shape index (κ3) is 1.39. The summed E-state index contributed by atoms with van der Waals surface area (Å²) in [6.07, 6.45) is 0. The summed E-state index contributed by atoms with van der Waals surface area (Å²) in [6.45, 7) is 0. The Balaban J connectivity index is 2.86. The van der Waals surface area contributed by atoms with Crippen LogP contribution in [0.3, 0.4) is 0 Å².